The molecule has 1 unspecified atom stereocenters. The summed E-state index contributed by atoms with van der Waals surface area (Å²) in [4.78, 5) is 1.16. The molecule has 0 saturated carbocycles. The molecule has 2 aromatic rings. The minimum Gasteiger partial charge on any atom is -0.317 e. The summed E-state index contributed by atoms with van der Waals surface area (Å²) in [7, 11) is 0. The number of thiophene rings is 1. The summed E-state index contributed by atoms with van der Waals surface area (Å²) in [6.07, 6.45) is 4.72. The second kappa shape index (κ2) is 4.58. The molecule has 90 valence electrons. The number of aromatic nitrogens is 3. The first-order valence-electron chi connectivity index (χ1n) is 6.07. The quantitative estimate of drug-likeness (QED) is 0.885. The molecule has 1 aliphatic rings. The highest BCUT2D eigenvalue weighted by atomic mass is 32.1. The van der Waals surface area contributed by atoms with Gasteiger partial charge >= 0.3 is 0 Å². The van der Waals surface area contributed by atoms with E-state index in [9.17, 15) is 0 Å². The summed E-state index contributed by atoms with van der Waals surface area (Å²) in [5, 5.41) is 10.6. The van der Waals surface area contributed by atoms with E-state index in [0.29, 0.717) is 0 Å². The molecule has 0 fully saturated rings. The molecule has 2 N–H and O–H groups in total. The fourth-order valence-corrected chi connectivity index (χ4v) is 3.06. The third-order valence-electron chi connectivity index (χ3n) is 3.27. The molecule has 1 aliphatic heterocycles. The van der Waals surface area contributed by atoms with Gasteiger partial charge in [0.15, 0.2) is 5.82 Å². The van der Waals surface area contributed by atoms with E-state index in [2.05, 4.69) is 26.2 Å². The molecule has 0 spiro atoms. The molecule has 0 bridgehead atoms. The van der Waals surface area contributed by atoms with E-state index in [1.54, 1.807) is 11.3 Å². The van der Waals surface area contributed by atoms with Crippen LogP contribution in [0.1, 0.15) is 41.8 Å². The van der Waals surface area contributed by atoms with Crippen molar-refractivity contribution in [3.05, 3.63) is 34.0 Å². The number of hydrogen-bond acceptors (Lipinski definition) is 4. The van der Waals surface area contributed by atoms with Crippen LogP contribution in [0.5, 0.6) is 0 Å². The fourth-order valence-electron chi connectivity index (χ4n) is 2.33. The van der Waals surface area contributed by atoms with Crippen LogP contribution in [0.2, 0.25) is 0 Å². The zero-order valence-electron chi connectivity index (χ0n) is 9.67. The molecule has 3 heterocycles. The highest BCUT2D eigenvalue weighted by molar-refractivity contribution is 7.10. The van der Waals surface area contributed by atoms with Gasteiger partial charge in [-0.15, -0.1) is 21.5 Å². The van der Waals surface area contributed by atoms with Gasteiger partial charge < -0.3 is 10.3 Å². The zero-order chi connectivity index (χ0) is 11.7. The first-order chi connectivity index (χ1) is 8.36. The molecule has 0 aliphatic carbocycles. The summed E-state index contributed by atoms with van der Waals surface area (Å²) in [6, 6.07) is 3.96. The molecule has 0 aromatic carbocycles. The molecule has 4 nitrogen and oxygen atoms in total. The van der Waals surface area contributed by atoms with E-state index in [-0.39, 0.29) is 6.04 Å². The van der Waals surface area contributed by atoms with Crippen LogP contribution in [0, 0.1) is 0 Å². The van der Waals surface area contributed by atoms with Crippen molar-refractivity contribution in [3.8, 4) is 0 Å². The number of rotatable bonds is 2. The van der Waals surface area contributed by atoms with Gasteiger partial charge in [0.25, 0.3) is 0 Å². The molecule has 1 atom stereocenters. The smallest absolute Gasteiger partial charge is 0.155 e. The van der Waals surface area contributed by atoms with Crippen LogP contribution in [0.4, 0.5) is 0 Å². The van der Waals surface area contributed by atoms with Crippen molar-refractivity contribution in [3.63, 3.8) is 0 Å². The Hall–Kier alpha value is -1.20. The lowest BCUT2D eigenvalue weighted by Crippen LogP contribution is -2.17. The Morgan fingerprint density at radius 1 is 1.29 bits per heavy atom. The Bertz CT molecular complexity index is 489. The molecule has 0 saturated heterocycles. The van der Waals surface area contributed by atoms with Crippen molar-refractivity contribution in [1.82, 2.24) is 14.8 Å². The number of aryl methyl sites for hydroxylation is 1. The highest BCUT2D eigenvalue weighted by Crippen LogP contribution is 2.24. The SMILES string of the molecule is NC(c1cccs1)c1nnc2n1CCCCC2. The molecular weight excluding hydrogens is 232 g/mol. The van der Waals surface area contributed by atoms with Crippen molar-refractivity contribution < 1.29 is 0 Å². The molecule has 0 amide bonds. The number of fused-ring (bicyclic) bond motifs is 1. The van der Waals surface area contributed by atoms with Crippen LogP contribution in [-0.4, -0.2) is 14.8 Å². The molecule has 0 radical (unpaired) electrons. The lowest BCUT2D eigenvalue weighted by Gasteiger charge is -2.11. The third kappa shape index (κ3) is 2.00. The monoisotopic (exact) mass is 248 g/mol. The Kier molecular flexibility index (Phi) is 2.94. The van der Waals surface area contributed by atoms with Gasteiger partial charge in [0.05, 0.1) is 0 Å². The summed E-state index contributed by atoms with van der Waals surface area (Å²) >= 11 is 1.68. The first kappa shape index (κ1) is 10.9. The minimum atomic E-state index is -0.130. The largest absolute Gasteiger partial charge is 0.317 e. The van der Waals surface area contributed by atoms with Gasteiger partial charge in [-0.2, -0.15) is 0 Å². The first-order valence-corrected chi connectivity index (χ1v) is 6.95. The van der Waals surface area contributed by atoms with Crippen LogP contribution >= 0.6 is 11.3 Å². The molecule has 3 rings (SSSR count). The van der Waals surface area contributed by atoms with Crippen LogP contribution in [0.3, 0.4) is 0 Å². The van der Waals surface area contributed by atoms with Gasteiger partial charge in [-0.3, -0.25) is 0 Å². The van der Waals surface area contributed by atoms with Crippen molar-refractivity contribution in [2.45, 2.75) is 38.3 Å². The number of nitrogens with zero attached hydrogens (tertiary/aromatic N) is 3. The van der Waals surface area contributed by atoms with Crippen LogP contribution in [-0.2, 0) is 13.0 Å². The second-order valence-corrected chi connectivity index (χ2v) is 5.41. The van der Waals surface area contributed by atoms with E-state index >= 15 is 0 Å². The lowest BCUT2D eigenvalue weighted by molar-refractivity contribution is 0.590. The number of hydrogen-bond donors (Lipinski definition) is 1. The maximum Gasteiger partial charge on any atom is 0.155 e. The van der Waals surface area contributed by atoms with Crippen molar-refractivity contribution in [2.75, 3.05) is 0 Å². The lowest BCUT2D eigenvalue weighted by atomic mass is 10.2. The summed E-state index contributed by atoms with van der Waals surface area (Å²) in [6.45, 7) is 1.01. The van der Waals surface area contributed by atoms with E-state index in [4.69, 9.17) is 5.73 Å². The Balaban J connectivity index is 1.95. The van der Waals surface area contributed by atoms with Gasteiger partial charge in [-0.25, -0.2) is 0 Å². The maximum absolute atomic E-state index is 6.27. The topological polar surface area (TPSA) is 56.7 Å². The van der Waals surface area contributed by atoms with E-state index in [1.165, 1.54) is 19.3 Å². The predicted octanol–water partition coefficient (Wildman–Crippen LogP) is 2.11. The van der Waals surface area contributed by atoms with E-state index in [1.807, 2.05) is 6.07 Å². The highest BCUT2D eigenvalue weighted by Gasteiger charge is 2.21. The Morgan fingerprint density at radius 2 is 2.24 bits per heavy atom. The molecule has 5 heteroatoms. The molecule has 2 aromatic heterocycles. The summed E-state index contributed by atoms with van der Waals surface area (Å²) < 4.78 is 2.22. The zero-order valence-corrected chi connectivity index (χ0v) is 10.5. The minimum absolute atomic E-state index is 0.130. The number of nitrogens with two attached hydrogens (primary N) is 1. The second-order valence-electron chi connectivity index (χ2n) is 4.43. The van der Waals surface area contributed by atoms with Crippen molar-refractivity contribution in [1.29, 1.82) is 0 Å². The Labute approximate surface area is 104 Å². The van der Waals surface area contributed by atoms with Crippen LogP contribution in [0.25, 0.3) is 0 Å². The van der Waals surface area contributed by atoms with Crippen molar-refractivity contribution in [2.24, 2.45) is 5.73 Å². The Morgan fingerprint density at radius 3 is 3.06 bits per heavy atom. The standard InChI is InChI=1S/C12H16N4S/c13-11(9-5-4-8-17-9)12-15-14-10-6-2-1-3-7-16(10)12/h4-5,8,11H,1-3,6-7,13H2. The fraction of sp³-hybridized carbons (Fsp3) is 0.500. The van der Waals surface area contributed by atoms with Gasteiger partial charge in [-0.1, -0.05) is 12.5 Å². The normalized spacial score (nSPS) is 17.5. The van der Waals surface area contributed by atoms with Gasteiger partial charge in [0.1, 0.15) is 11.9 Å². The summed E-state index contributed by atoms with van der Waals surface area (Å²) in [5.74, 6) is 2.02. The van der Waals surface area contributed by atoms with Gasteiger partial charge in [-0.05, 0) is 24.3 Å². The maximum atomic E-state index is 6.27. The summed E-state index contributed by atoms with van der Waals surface area (Å²) in [5.41, 5.74) is 6.27. The predicted molar refractivity (Wildman–Crippen MR) is 67.9 cm³/mol. The van der Waals surface area contributed by atoms with Gasteiger partial charge in [0, 0.05) is 17.8 Å². The van der Waals surface area contributed by atoms with Gasteiger partial charge in [0.2, 0.25) is 0 Å². The average molecular weight is 248 g/mol. The van der Waals surface area contributed by atoms with Crippen LogP contribution < -0.4 is 5.73 Å². The van der Waals surface area contributed by atoms with E-state index in [0.717, 1.165) is 29.5 Å². The molecule has 17 heavy (non-hydrogen) atoms. The van der Waals surface area contributed by atoms with Crippen molar-refractivity contribution >= 4 is 11.3 Å². The molecular formula is C12H16N4S. The van der Waals surface area contributed by atoms with Crippen LogP contribution in [0.15, 0.2) is 17.5 Å². The third-order valence-corrected chi connectivity index (χ3v) is 4.22. The van der Waals surface area contributed by atoms with E-state index < -0.39 is 0 Å². The average Bonchev–Trinajstić information content (AvgIpc) is 2.94.